The summed E-state index contributed by atoms with van der Waals surface area (Å²) in [6, 6.07) is 1.87. The first-order valence-electron chi connectivity index (χ1n) is 3.90. The average Bonchev–Trinajstić information content (AvgIpc) is 2.49. The van der Waals surface area contributed by atoms with Crippen molar-refractivity contribution in [2.24, 2.45) is 0 Å². The maximum absolute atomic E-state index is 10.4. The molecule has 0 saturated heterocycles. The van der Waals surface area contributed by atoms with Crippen LogP contribution in [0.1, 0.15) is 13.3 Å². The fourth-order valence-corrected chi connectivity index (χ4v) is 0.875. The monoisotopic (exact) mass is 168 g/mol. The fraction of sp³-hybridized carbons (Fsp3) is 0.500. The first-order chi connectivity index (χ1) is 5.79. The number of aryl methyl sites for hydroxylation is 1. The summed E-state index contributed by atoms with van der Waals surface area (Å²) >= 11 is 0. The van der Waals surface area contributed by atoms with Gasteiger partial charge in [0.1, 0.15) is 0 Å². The van der Waals surface area contributed by atoms with Crippen LogP contribution in [0.15, 0.2) is 18.5 Å². The average molecular weight is 168 g/mol. The third kappa shape index (κ3) is 3.18. The molecule has 0 aromatic carbocycles. The molecule has 0 radical (unpaired) electrons. The molecule has 0 bridgehead atoms. The van der Waals surface area contributed by atoms with Gasteiger partial charge in [0, 0.05) is 32.3 Å². The highest BCUT2D eigenvalue weighted by Gasteiger charge is 1.93. The summed E-state index contributed by atoms with van der Waals surface area (Å²) in [5.41, 5.74) is 0. The van der Waals surface area contributed by atoms with Crippen LogP contribution in [0.25, 0.3) is 0 Å². The molecule has 0 aliphatic heterocycles. The van der Waals surface area contributed by atoms with Crippen LogP contribution in [0, 0.1) is 0 Å². The Morgan fingerprint density at radius 1 is 1.67 bits per heavy atom. The minimum absolute atomic E-state index is 0.226. The van der Waals surface area contributed by atoms with Gasteiger partial charge in [-0.3, -0.25) is 9.48 Å². The van der Waals surface area contributed by atoms with Crippen molar-refractivity contribution in [3.05, 3.63) is 18.5 Å². The highest BCUT2D eigenvalue weighted by atomic mass is 16.5. The Balaban J connectivity index is 2.07. The molecular formula is C8H12N2O2. The van der Waals surface area contributed by atoms with Crippen molar-refractivity contribution < 1.29 is 9.53 Å². The minimum Gasteiger partial charge on any atom is -0.466 e. The zero-order chi connectivity index (χ0) is 8.81. The molecule has 0 aliphatic rings. The molecule has 0 amide bonds. The Morgan fingerprint density at radius 2 is 2.50 bits per heavy atom. The van der Waals surface area contributed by atoms with E-state index in [1.165, 1.54) is 6.92 Å². The number of rotatable bonds is 4. The second kappa shape index (κ2) is 4.54. The van der Waals surface area contributed by atoms with Gasteiger partial charge in [0.2, 0.25) is 0 Å². The molecule has 1 aromatic rings. The van der Waals surface area contributed by atoms with Crippen molar-refractivity contribution in [3.63, 3.8) is 0 Å². The lowest BCUT2D eigenvalue weighted by Gasteiger charge is -2.01. The summed E-state index contributed by atoms with van der Waals surface area (Å²) in [6.45, 7) is 2.67. The van der Waals surface area contributed by atoms with E-state index in [2.05, 4.69) is 5.10 Å². The van der Waals surface area contributed by atoms with Crippen LogP contribution in [0.4, 0.5) is 0 Å². The van der Waals surface area contributed by atoms with Crippen LogP contribution < -0.4 is 0 Å². The Morgan fingerprint density at radius 3 is 3.08 bits per heavy atom. The smallest absolute Gasteiger partial charge is 0.302 e. The van der Waals surface area contributed by atoms with E-state index < -0.39 is 0 Å². The molecule has 0 unspecified atom stereocenters. The van der Waals surface area contributed by atoms with Gasteiger partial charge in [-0.1, -0.05) is 0 Å². The van der Waals surface area contributed by atoms with Gasteiger partial charge in [0.15, 0.2) is 0 Å². The zero-order valence-corrected chi connectivity index (χ0v) is 7.06. The number of carbonyl (C=O) groups excluding carboxylic acids is 1. The third-order valence-electron chi connectivity index (χ3n) is 1.40. The number of nitrogens with zero attached hydrogens (tertiary/aromatic N) is 2. The minimum atomic E-state index is -0.226. The third-order valence-corrected chi connectivity index (χ3v) is 1.40. The van der Waals surface area contributed by atoms with Crippen LogP contribution in [0.2, 0.25) is 0 Å². The molecular weight excluding hydrogens is 156 g/mol. The van der Waals surface area contributed by atoms with E-state index >= 15 is 0 Å². The lowest BCUT2D eigenvalue weighted by Crippen LogP contribution is -2.05. The van der Waals surface area contributed by atoms with Crippen molar-refractivity contribution in [1.29, 1.82) is 0 Å². The van der Waals surface area contributed by atoms with Crippen molar-refractivity contribution in [2.75, 3.05) is 6.61 Å². The second-order valence-electron chi connectivity index (χ2n) is 2.46. The quantitative estimate of drug-likeness (QED) is 0.494. The van der Waals surface area contributed by atoms with Gasteiger partial charge >= 0.3 is 5.97 Å². The Hall–Kier alpha value is -1.32. The normalized spacial score (nSPS) is 9.75. The Kier molecular flexibility index (Phi) is 3.32. The fourth-order valence-electron chi connectivity index (χ4n) is 0.875. The van der Waals surface area contributed by atoms with Gasteiger partial charge in [0.25, 0.3) is 0 Å². The van der Waals surface area contributed by atoms with E-state index in [9.17, 15) is 4.79 Å². The van der Waals surface area contributed by atoms with Crippen molar-refractivity contribution in [1.82, 2.24) is 9.78 Å². The largest absolute Gasteiger partial charge is 0.466 e. The predicted octanol–water partition coefficient (Wildman–Crippen LogP) is 0.836. The number of carbonyl (C=O) groups is 1. The number of ether oxygens (including phenoxy) is 1. The van der Waals surface area contributed by atoms with Crippen LogP contribution in [-0.4, -0.2) is 22.4 Å². The van der Waals surface area contributed by atoms with E-state index in [4.69, 9.17) is 4.74 Å². The molecule has 0 fully saturated rings. The van der Waals surface area contributed by atoms with Crippen molar-refractivity contribution in [2.45, 2.75) is 19.9 Å². The van der Waals surface area contributed by atoms with Gasteiger partial charge in [0.05, 0.1) is 6.61 Å². The number of esters is 1. The highest BCUT2D eigenvalue weighted by molar-refractivity contribution is 5.65. The van der Waals surface area contributed by atoms with Gasteiger partial charge < -0.3 is 4.74 Å². The number of aromatic nitrogens is 2. The summed E-state index contributed by atoms with van der Waals surface area (Å²) in [5, 5.41) is 4.01. The summed E-state index contributed by atoms with van der Waals surface area (Å²) in [4.78, 5) is 10.4. The maximum atomic E-state index is 10.4. The molecule has 66 valence electrons. The molecule has 0 aliphatic carbocycles. The number of hydrogen-bond acceptors (Lipinski definition) is 3. The molecule has 12 heavy (non-hydrogen) atoms. The second-order valence-corrected chi connectivity index (χ2v) is 2.46. The molecule has 0 N–H and O–H groups in total. The van der Waals surface area contributed by atoms with Crippen LogP contribution in [0.5, 0.6) is 0 Å². The lowest BCUT2D eigenvalue weighted by atomic mass is 10.4. The molecule has 0 atom stereocenters. The van der Waals surface area contributed by atoms with Crippen LogP contribution in [-0.2, 0) is 16.1 Å². The highest BCUT2D eigenvalue weighted by Crippen LogP contribution is 1.90. The topological polar surface area (TPSA) is 44.1 Å². The first kappa shape index (κ1) is 8.77. The van der Waals surface area contributed by atoms with E-state index in [1.807, 2.05) is 16.9 Å². The molecule has 0 saturated carbocycles. The van der Waals surface area contributed by atoms with Crippen molar-refractivity contribution in [3.8, 4) is 0 Å². The van der Waals surface area contributed by atoms with Crippen LogP contribution in [0.3, 0.4) is 0 Å². The van der Waals surface area contributed by atoms with E-state index in [0.29, 0.717) is 6.61 Å². The van der Waals surface area contributed by atoms with E-state index in [1.54, 1.807) is 6.20 Å². The summed E-state index contributed by atoms with van der Waals surface area (Å²) in [5.74, 6) is -0.226. The standard InChI is InChI=1S/C8H12N2O2/c1-8(11)12-7-3-6-10-5-2-4-9-10/h2,4-5H,3,6-7H2,1H3. The Bertz CT molecular complexity index is 231. The molecule has 1 aromatic heterocycles. The van der Waals surface area contributed by atoms with Gasteiger partial charge in [-0.2, -0.15) is 5.10 Å². The number of hydrogen-bond donors (Lipinski definition) is 0. The first-order valence-corrected chi connectivity index (χ1v) is 3.90. The molecule has 0 spiro atoms. The SMILES string of the molecule is CC(=O)OCCCn1cccn1. The van der Waals surface area contributed by atoms with Gasteiger partial charge in [-0.25, -0.2) is 0 Å². The summed E-state index contributed by atoms with van der Waals surface area (Å²) in [6.07, 6.45) is 4.42. The van der Waals surface area contributed by atoms with Gasteiger partial charge in [-0.15, -0.1) is 0 Å². The molecule has 4 nitrogen and oxygen atoms in total. The lowest BCUT2D eigenvalue weighted by molar-refractivity contribution is -0.141. The maximum Gasteiger partial charge on any atom is 0.302 e. The summed E-state index contributed by atoms with van der Waals surface area (Å²) < 4.78 is 6.57. The molecule has 4 heteroatoms. The molecule has 1 heterocycles. The summed E-state index contributed by atoms with van der Waals surface area (Å²) in [7, 11) is 0. The van der Waals surface area contributed by atoms with Crippen molar-refractivity contribution >= 4 is 5.97 Å². The Labute approximate surface area is 71.1 Å². The van der Waals surface area contributed by atoms with E-state index in [-0.39, 0.29) is 5.97 Å². The van der Waals surface area contributed by atoms with E-state index in [0.717, 1.165) is 13.0 Å². The molecule has 1 rings (SSSR count). The zero-order valence-electron chi connectivity index (χ0n) is 7.06. The predicted molar refractivity (Wildman–Crippen MR) is 43.5 cm³/mol. The van der Waals surface area contributed by atoms with Crippen LogP contribution >= 0.6 is 0 Å². The van der Waals surface area contributed by atoms with Gasteiger partial charge in [-0.05, 0) is 6.07 Å².